The van der Waals surface area contributed by atoms with E-state index in [9.17, 15) is 14.1 Å². The zero-order valence-electron chi connectivity index (χ0n) is 25.9. The maximum atomic E-state index is 15.5. The number of hydrogen-bond donors (Lipinski definition) is 2. The number of halogens is 1. The Bertz CT molecular complexity index is 1680. The molecule has 0 amide bonds. The van der Waals surface area contributed by atoms with Crippen LogP contribution in [-0.4, -0.2) is 34.3 Å². The van der Waals surface area contributed by atoms with Gasteiger partial charge in [-0.05, 0) is 61.6 Å². The van der Waals surface area contributed by atoms with Crippen molar-refractivity contribution in [1.29, 1.82) is 0 Å². The highest BCUT2D eigenvalue weighted by Crippen LogP contribution is 2.52. The predicted molar refractivity (Wildman–Crippen MR) is 177 cm³/mol. The monoisotopic (exact) mass is 647 g/mol. The highest BCUT2D eigenvalue weighted by molar-refractivity contribution is 8.03. The summed E-state index contributed by atoms with van der Waals surface area (Å²) in [5, 5.41) is 14.3. The Kier molecular flexibility index (Phi) is 10.2. The van der Waals surface area contributed by atoms with Crippen LogP contribution >= 0.6 is 11.8 Å². The number of ether oxygens (including phenoxy) is 2. The van der Waals surface area contributed by atoms with Gasteiger partial charge in [0.15, 0.2) is 0 Å². The van der Waals surface area contributed by atoms with Crippen molar-refractivity contribution in [3.8, 4) is 5.75 Å². The van der Waals surface area contributed by atoms with Crippen LogP contribution in [0.15, 0.2) is 111 Å². The van der Waals surface area contributed by atoms with Gasteiger partial charge in [-0.1, -0.05) is 74.7 Å². The van der Waals surface area contributed by atoms with Gasteiger partial charge in [-0.3, -0.25) is 9.00 Å². The Hall–Kier alpha value is -3.82. The summed E-state index contributed by atoms with van der Waals surface area (Å²) in [7, 11) is -1.32. The van der Waals surface area contributed by atoms with Gasteiger partial charge in [0.2, 0.25) is 0 Å². The smallest absolute Gasteiger partial charge is 0.313 e. The Morgan fingerprint density at radius 3 is 2.49 bits per heavy atom. The Balaban J connectivity index is 1.32. The van der Waals surface area contributed by atoms with Crippen molar-refractivity contribution >= 4 is 28.5 Å². The van der Waals surface area contributed by atoms with E-state index in [0.29, 0.717) is 32.7 Å². The third-order valence-electron chi connectivity index (χ3n) is 7.88. The predicted octanol–water partition coefficient (Wildman–Crippen LogP) is 7.69. The average molecular weight is 648 g/mol. The Morgan fingerprint density at radius 1 is 1.07 bits per heavy atom. The summed E-state index contributed by atoms with van der Waals surface area (Å²) >= 11 is 1.39. The SMILES string of the molecule is C=C(OCCOC(=O)C(C)c1ccc(CC(C)C)cc1)C1=C(C)NC2=C(Sc3ccccc3S(=O)C2)C1c1c(O)cccc1F. The molecule has 9 heteroatoms. The van der Waals surface area contributed by atoms with E-state index in [4.69, 9.17) is 9.47 Å². The van der Waals surface area contributed by atoms with Crippen molar-refractivity contribution in [3.63, 3.8) is 0 Å². The first-order valence-electron chi connectivity index (χ1n) is 15.0. The molecule has 0 aliphatic carbocycles. The van der Waals surface area contributed by atoms with Crippen molar-refractivity contribution in [2.45, 2.75) is 55.7 Å². The maximum Gasteiger partial charge on any atom is 0.313 e. The molecule has 45 heavy (non-hydrogen) atoms. The molecule has 5 rings (SSSR count). The number of nitrogens with one attached hydrogen (secondary N) is 1. The number of allylic oxidation sites excluding steroid dienone is 3. The van der Waals surface area contributed by atoms with Crippen molar-refractivity contribution in [2.24, 2.45) is 5.92 Å². The van der Waals surface area contributed by atoms with Crippen molar-refractivity contribution < 1.29 is 28.0 Å². The maximum absolute atomic E-state index is 15.5. The lowest BCUT2D eigenvalue weighted by atomic mass is 9.84. The lowest BCUT2D eigenvalue weighted by Crippen LogP contribution is -2.28. The summed E-state index contributed by atoms with van der Waals surface area (Å²) in [4.78, 5) is 15.0. The molecule has 2 aliphatic rings. The molecule has 0 saturated heterocycles. The number of phenolic OH excluding ortho intramolecular Hbond substituents is 1. The Labute approximate surface area is 270 Å². The van der Waals surface area contributed by atoms with Gasteiger partial charge in [0.1, 0.15) is 30.5 Å². The van der Waals surface area contributed by atoms with Gasteiger partial charge >= 0.3 is 5.97 Å². The molecule has 0 fully saturated rings. The fraction of sp³-hybridized carbons (Fsp3) is 0.306. The second-order valence-electron chi connectivity index (χ2n) is 11.7. The molecule has 2 heterocycles. The standard InChI is InChI=1S/C36H38FNO5S2/c1-21(2)19-25-13-15-26(16-14-25)22(3)36(40)43-18-17-42-24(5)32-23(4)38-28-20-45(41)31-12-7-6-11-30(31)44-35(28)34(32)33-27(37)9-8-10-29(33)39/h6-16,21-22,34,38-39H,5,17-20H2,1-4H3. The minimum absolute atomic E-state index is 0.00193. The average Bonchev–Trinajstić information content (AvgIpc) is 3.14. The molecule has 2 aliphatic heterocycles. The van der Waals surface area contributed by atoms with E-state index in [1.165, 1.54) is 35.5 Å². The summed E-state index contributed by atoms with van der Waals surface area (Å²) in [6.07, 6.45) is 0.979. The molecule has 0 saturated carbocycles. The van der Waals surface area contributed by atoms with Gasteiger partial charge in [0.05, 0.1) is 33.3 Å². The molecule has 3 unspecified atom stereocenters. The van der Waals surface area contributed by atoms with Crippen LogP contribution < -0.4 is 5.32 Å². The van der Waals surface area contributed by atoms with Crippen molar-refractivity contribution in [1.82, 2.24) is 5.32 Å². The normalized spacial score (nSPS) is 18.4. The minimum atomic E-state index is -1.32. The number of benzene rings is 3. The molecule has 3 aromatic carbocycles. The minimum Gasteiger partial charge on any atom is -0.508 e. The highest BCUT2D eigenvalue weighted by Gasteiger charge is 2.38. The first kappa shape index (κ1) is 32.6. The molecule has 0 radical (unpaired) electrons. The van der Waals surface area contributed by atoms with Gasteiger partial charge in [0.25, 0.3) is 0 Å². The van der Waals surface area contributed by atoms with Gasteiger partial charge < -0.3 is 19.9 Å². The first-order chi connectivity index (χ1) is 21.5. The lowest BCUT2D eigenvalue weighted by molar-refractivity contribution is -0.146. The number of fused-ring (bicyclic) bond motifs is 1. The van der Waals surface area contributed by atoms with E-state index in [1.54, 1.807) is 0 Å². The van der Waals surface area contributed by atoms with Crippen LogP contribution in [0.1, 0.15) is 56.2 Å². The van der Waals surface area contributed by atoms with Crippen LogP contribution in [0.3, 0.4) is 0 Å². The largest absolute Gasteiger partial charge is 0.508 e. The van der Waals surface area contributed by atoms with E-state index < -0.39 is 28.5 Å². The third kappa shape index (κ3) is 7.20. The number of rotatable bonds is 10. The lowest BCUT2D eigenvalue weighted by Gasteiger charge is -2.33. The van der Waals surface area contributed by atoms with E-state index in [2.05, 4.69) is 25.7 Å². The number of phenols is 1. The molecule has 3 atom stereocenters. The fourth-order valence-electron chi connectivity index (χ4n) is 5.67. The highest BCUT2D eigenvalue weighted by atomic mass is 32.2. The Morgan fingerprint density at radius 2 is 1.78 bits per heavy atom. The van der Waals surface area contributed by atoms with Gasteiger partial charge in [0, 0.05) is 32.3 Å². The number of carbonyl (C=O) groups is 1. The number of dihydropyridines is 1. The molecule has 0 spiro atoms. The number of thioether (sulfide) groups is 1. The van der Waals surface area contributed by atoms with Crippen molar-refractivity contribution in [3.05, 3.63) is 123 Å². The molecular weight excluding hydrogens is 610 g/mol. The van der Waals surface area contributed by atoms with Gasteiger partial charge in [-0.25, -0.2) is 4.39 Å². The van der Waals surface area contributed by atoms with Gasteiger partial charge in [-0.15, -0.1) is 0 Å². The summed E-state index contributed by atoms with van der Waals surface area (Å²) in [6.45, 7) is 12.2. The van der Waals surface area contributed by atoms with E-state index >= 15 is 4.39 Å². The van der Waals surface area contributed by atoms with E-state index in [1.807, 2.05) is 62.4 Å². The number of esters is 1. The second-order valence-corrected chi connectivity index (χ2v) is 14.2. The van der Waals surface area contributed by atoms with Crippen LogP contribution in [0.4, 0.5) is 4.39 Å². The summed E-state index contributed by atoms with van der Waals surface area (Å²) in [5.41, 5.74) is 4.08. The third-order valence-corrected chi connectivity index (χ3v) is 10.7. The quantitative estimate of drug-likeness (QED) is 0.133. The van der Waals surface area contributed by atoms with Crippen LogP contribution in [0, 0.1) is 11.7 Å². The van der Waals surface area contributed by atoms with Gasteiger partial charge in [-0.2, -0.15) is 0 Å². The molecule has 236 valence electrons. The molecule has 0 aromatic heterocycles. The fourth-order valence-corrected chi connectivity index (χ4v) is 8.49. The first-order valence-corrected chi connectivity index (χ1v) is 17.1. The van der Waals surface area contributed by atoms with Crippen LogP contribution in [0.25, 0.3) is 0 Å². The second kappa shape index (κ2) is 14.1. The summed E-state index contributed by atoms with van der Waals surface area (Å²) < 4.78 is 40.3. The van der Waals surface area contributed by atoms with E-state index in [0.717, 1.165) is 16.9 Å². The molecule has 6 nitrogen and oxygen atoms in total. The van der Waals surface area contributed by atoms with Crippen LogP contribution in [0.5, 0.6) is 5.75 Å². The number of carbonyl (C=O) groups excluding carboxylic acids is 1. The summed E-state index contributed by atoms with van der Waals surface area (Å²) in [6, 6.07) is 19.7. The molecule has 3 aromatic rings. The number of hydrogen-bond acceptors (Lipinski definition) is 7. The molecule has 0 bridgehead atoms. The van der Waals surface area contributed by atoms with E-state index in [-0.39, 0.29) is 42.0 Å². The van der Waals surface area contributed by atoms with Crippen molar-refractivity contribution in [2.75, 3.05) is 19.0 Å². The zero-order chi connectivity index (χ0) is 32.2. The van der Waals surface area contributed by atoms with Crippen LogP contribution in [-0.2, 0) is 31.5 Å². The van der Waals surface area contributed by atoms with Crippen LogP contribution in [0.2, 0.25) is 0 Å². The topological polar surface area (TPSA) is 84.9 Å². The molecular formula is C36H38FNO5S2. The number of aromatic hydroxyl groups is 1. The zero-order valence-corrected chi connectivity index (χ0v) is 27.5. The molecule has 2 N–H and O–H groups in total. The summed E-state index contributed by atoms with van der Waals surface area (Å²) in [5.74, 6) is -1.34.